The minimum Gasteiger partial charge on any atom is -0.389 e. The van der Waals surface area contributed by atoms with Crippen molar-refractivity contribution >= 4 is 11.6 Å². The molecule has 0 aliphatic carbocycles. The van der Waals surface area contributed by atoms with Crippen LogP contribution in [0, 0.1) is 0 Å². The minimum atomic E-state index is -0.589. The molecule has 1 aromatic carbocycles. The molecule has 0 aliphatic heterocycles. The maximum atomic E-state index is 9.11. The van der Waals surface area contributed by atoms with Crippen molar-refractivity contribution in [3.63, 3.8) is 0 Å². The molecule has 0 aromatic heterocycles. The number of benzene rings is 1. The van der Waals surface area contributed by atoms with Crippen LogP contribution < -0.4 is 5.73 Å². The predicted molar refractivity (Wildman–Crippen MR) is 56.2 cm³/mol. The largest absolute Gasteiger partial charge is 0.389 e. The lowest BCUT2D eigenvalue weighted by Crippen LogP contribution is -2.24. The molecule has 4 heteroatoms. The first-order valence-corrected chi connectivity index (χ1v) is 4.80. The van der Waals surface area contributed by atoms with Gasteiger partial charge in [-0.1, -0.05) is 23.7 Å². The highest BCUT2D eigenvalue weighted by Crippen LogP contribution is 2.11. The van der Waals surface area contributed by atoms with Crippen LogP contribution in [0.5, 0.6) is 0 Å². The molecular weight excluding hydrogens is 202 g/mol. The minimum absolute atomic E-state index is 0.218. The summed E-state index contributed by atoms with van der Waals surface area (Å²) in [6.45, 7) is 0.913. The molecule has 3 nitrogen and oxygen atoms in total. The maximum absolute atomic E-state index is 9.11. The van der Waals surface area contributed by atoms with E-state index in [4.69, 9.17) is 27.2 Å². The van der Waals surface area contributed by atoms with Gasteiger partial charge in [-0.3, -0.25) is 0 Å². The third kappa shape index (κ3) is 4.07. The van der Waals surface area contributed by atoms with Gasteiger partial charge in [0.2, 0.25) is 0 Å². The van der Waals surface area contributed by atoms with E-state index in [1.165, 1.54) is 0 Å². The van der Waals surface area contributed by atoms with E-state index in [0.29, 0.717) is 11.6 Å². The van der Waals surface area contributed by atoms with Gasteiger partial charge in [0.25, 0.3) is 0 Å². The zero-order valence-electron chi connectivity index (χ0n) is 7.82. The number of aliphatic hydroxyl groups is 1. The first kappa shape index (κ1) is 11.5. The summed E-state index contributed by atoms with van der Waals surface area (Å²) in [5, 5.41) is 9.80. The molecule has 0 radical (unpaired) electrons. The van der Waals surface area contributed by atoms with E-state index in [0.717, 1.165) is 5.56 Å². The molecule has 1 unspecified atom stereocenters. The van der Waals surface area contributed by atoms with Crippen molar-refractivity contribution < 1.29 is 9.84 Å². The number of aliphatic hydroxyl groups excluding tert-OH is 1. The van der Waals surface area contributed by atoms with Crippen molar-refractivity contribution in [3.05, 3.63) is 34.9 Å². The normalized spacial score (nSPS) is 12.8. The molecule has 78 valence electrons. The van der Waals surface area contributed by atoms with E-state index >= 15 is 0 Å². The van der Waals surface area contributed by atoms with Crippen molar-refractivity contribution in [2.75, 3.05) is 13.2 Å². The van der Waals surface area contributed by atoms with E-state index in [2.05, 4.69) is 0 Å². The van der Waals surface area contributed by atoms with Crippen molar-refractivity contribution in [3.8, 4) is 0 Å². The number of hydrogen-bond donors (Lipinski definition) is 2. The summed E-state index contributed by atoms with van der Waals surface area (Å²) in [5.41, 5.74) is 6.21. The van der Waals surface area contributed by atoms with Crippen LogP contribution in [-0.2, 0) is 11.3 Å². The van der Waals surface area contributed by atoms with Gasteiger partial charge in [-0.15, -0.1) is 0 Å². The van der Waals surface area contributed by atoms with E-state index in [1.807, 2.05) is 18.2 Å². The summed E-state index contributed by atoms with van der Waals surface area (Å²) < 4.78 is 5.24. The van der Waals surface area contributed by atoms with Crippen molar-refractivity contribution in [2.45, 2.75) is 12.7 Å². The lowest BCUT2D eigenvalue weighted by molar-refractivity contribution is 0.0329. The quantitative estimate of drug-likeness (QED) is 0.776. The Morgan fingerprint density at radius 1 is 1.50 bits per heavy atom. The average Bonchev–Trinajstić information content (AvgIpc) is 2.17. The summed E-state index contributed by atoms with van der Waals surface area (Å²) in [4.78, 5) is 0. The molecule has 0 amide bonds. The molecule has 0 fully saturated rings. The van der Waals surface area contributed by atoms with Gasteiger partial charge >= 0.3 is 0 Å². The fourth-order valence-corrected chi connectivity index (χ4v) is 1.22. The zero-order valence-corrected chi connectivity index (χ0v) is 8.57. The second kappa shape index (κ2) is 5.98. The van der Waals surface area contributed by atoms with Crippen molar-refractivity contribution in [2.24, 2.45) is 5.73 Å². The van der Waals surface area contributed by atoms with E-state index in [1.54, 1.807) is 6.07 Å². The van der Waals surface area contributed by atoms with E-state index < -0.39 is 6.10 Å². The summed E-state index contributed by atoms with van der Waals surface area (Å²) in [6, 6.07) is 7.41. The van der Waals surface area contributed by atoms with Gasteiger partial charge < -0.3 is 15.6 Å². The van der Waals surface area contributed by atoms with Gasteiger partial charge in [-0.2, -0.15) is 0 Å². The third-order valence-electron chi connectivity index (χ3n) is 1.74. The molecule has 1 atom stereocenters. The lowest BCUT2D eigenvalue weighted by atomic mass is 10.2. The molecular formula is C10H14ClNO2. The Balaban J connectivity index is 2.31. The Bertz CT molecular complexity index is 281. The first-order chi connectivity index (χ1) is 6.72. The molecule has 0 bridgehead atoms. The second-order valence-electron chi connectivity index (χ2n) is 3.03. The van der Waals surface area contributed by atoms with Gasteiger partial charge in [-0.25, -0.2) is 0 Å². The summed E-state index contributed by atoms with van der Waals surface area (Å²) in [5.74, 6) is 0. The van der Waals surface area contributed by atoms with Crippen LogP contribution in [0.25, 0.3) is 0 Å². The summed E-state index contributed by atoms with van der Waals surface area (Å²) in [7, 11) is 0. The Labute approximate surface area is 88.4 Å². The molecule has 0 spiro atoms. The molecule has 1 aromatic rings. The van der Waals surface area contributed by atoms with E-state index in [-0.39, 0.29) is 13.2 Å². The Hall–Kier alpha value is -0.610. The number of nitrogens with two attached hydrogens (primary N) is 1. The van der Waals surface area contributed by atoms with Gasteiger partial charge in [-0.05, 0) is 17.7 Å². The highest BCUT2D eigenvalue weighted by molar-refractivity contribution is 6.30. The summed E-state index contributed by atoms with van der Waals surface area (Å²) in [6.07, 6.45) is -0.589. The van der Waals surface area contributed by atoms with Crippen LogP contribution in [0.3, 0.4) is 0 Å². The average molecular weight is 216 g/mol. The smallest absolute Gasteiger partial charge is 0.0895 e. The molecule has 14 heavy (non-hydrogen) atoms. The zero-order chi connectivity index (χ0) is 10.4. The molecule has 0 aliphatic rings. The topological polar surface area (TPSA) is 55.5 Å². The Kier molecular flexibility index (Phi) is 4.90. The fraction of sp³-hybridized carbons (Fsp3) is 0.400. The van der Waals surface area contributed by atoms with Crippen LogP contribution in [-0.4, -0.2) is 24.4 Å². The standard InChI is InChI=1S/C10H14ClNO2/c11-9-3-1-2-8(4-9)6-14-7-10(13)5-12/h1-4,10,13H,5-7,12H2. The number of halogens is 1. The number of hydrogen-bond acceptors (Lipinski definition) is 3. The fourth-order valence-electron chi connectivity index (χ4n) is 1.01. The predicted octanol–water partition coefficient (Wildman–Crippen LogP) is 1.18. The van der Waals surface area contributed by atoms with Crippen LogP contribution in [0.15, 0.2) is 24.3 Å². The SMILES string of the molecule is NCC(O)COCc1cccc(Cl)c1. The van der Waals surface area contributed by atoms with Gasteiger partial charge in [0.1, 0.15) is 0 Å². The molecule has 0 saturated carbocycles. The van der Waals surface area contributed by atoms with Crippen molar-refractivity contribution in [1.29, 1.82) is 0 Å². The molecule has 3 N–H and O–H groups in total. The van der Waals surface area contributed by atoms with Gasteiger partial charge in [0, 0.05) is 11.6 Å². The third-order valence-corrected chi connectivity index (χ3v) is 1.98. The maximum Gasteiger partial charge on any atom is 0.0895 e. The van der Waals surface area contributed by atoms with Crippen molar-refractivity contribution in [1.82, 2.24) is 0 Å². The monoisotopic (exact) mass is 215 g/mol. The summed E-state index contributed by atoms with van der Waals surface area (Å²) >= 11 is 5.79. The Morgan fingerprint density at radius 3 is 2.93 bits per heavy atom. The van der Waals surface area contributed by atoms with Gasteiger partial charge in [0.15, 0.2) is 0 Å². The highest BCUT2D eigenvalue weighted by Gasteiger charge is 2.00. The molecule has 0 saturated heterocycles. The van der Waals surface area contributed by atoms with Crippen LogP contribution >= 0.6 is 11.6 Å². The second-order valence-corrected chi connectivity index (χ2v) is 3.47. The first-order valence-electron chi connectivity index (χ1n) is 4.42. The Morgan fingerprint density at radius 2 is 2.29 bits per heavy atom. The number of rotatable bonds is 5. The van der Waals surface area contributed by atoms with Crippen LogP contribution in [0.4, 0.5) is 0 Å². The van der Waals surface area contributed by atoms with Gasteiger partial charge in [0.05, 0.1) is 19.3 Å². The number of ether oxygens (including phenoxy) is 1. The molecule has 0 heterocycles. The van der Waals surface area contributed by atoms with Crippen LogP contribution in [0.1, 0.15) is 5.56 Å². The van der Waals surface area contributed by atoms with E-state index in [9.17, 15) is 0 Å². The highest BCUT2D eigenvalue weighted by atomic mass is 35.5. The lowest BCUT2D eigenvalue weighted by Gasteiger charge is -2.08. The van der Waals surface area contributed by atoms with Crippen LogP contribution in [0.2, 0.25) is 5.02 Å². The molecule has 1 rings (SSSR count).